The van der Waals surface area contributed by atoms with Crippen molar-refractivity contribution < 1.29 is 4.74 Å². The molecule has 0 heterocycles. The number of hydrogen-bond acceptors (Lipinski definition) is 2. The van der Waals surface area contributed by atoms with Crippen LogP contribution in [0.5, 0.6) is 0 Å². The van der Waals surface area contributed by atoms with Crippen LogP contribution in [0, 0.1) is 0 Å². The molecule has 1 atom stereocenters. The molecule has 1 aromatic carbocycles. The van der Waals surface area contributed by atoms with Gasteiger partial charge in [-0.2, -0.15) is 0 Å². The summed E-state index contributed by atoms with van der Waals surface area (Å²) in [7, 11) is 1.91. The van der Waals surface area contributed by atoms with Crippen LogP contribution in [-0.2, 0) is 4.74 Å². The van der Waals surface area contributed by atoms with E-state index in [1.54, 1.807) is 6.07 Å². The van der Waals surface area contributed by atoms with Crippen molar-refractivity contribution in [1.82, 2.24) is 5.32 Å². The molecule has 0 bridgehead atoms. The van der Waals surface area contributed by atoms with Crippen LogP contribution in [0.15, 0.2) is 18.2 Å². The third-order valence-electron chi connectivity index (χ3n) is 2.44. The average Bonchev–Trinajstić information content (AvgIpc) is 2.28. The Morgan fingerprint density at radius 1 is 1.38 bits per heavy atom. The maximum Gasteiger partial charge on any atom is 0.0484 e. The molecule has 1 rings (SSSR count). The largest absolute Gasteiger partial charge is 0.382 e. The summed E-state index contributed by atoms with van der Waals surface area (Å²) in [4.78, 5) is 0. The highest BCUT2D eigenvalue weighted by molar-refractivity contribution is 6.33. The highest BCUT2D eigenvalue weighted by atomic mass is 35.5. The summed E-state index contributed by atoms with van der Waals surface area (Å²) in [5, 5.41) is 4.66. The van der Waals surface area contributed by atoms with Crippen LogP contribution in [-0.4, -0.2) is 20.3 Å². The molecule has 1 aromatic rings. The van der Waals surface area contributed by atoms with E-state index in [9.17, 15) is 0 Å². The minimum Gasteiger partial charge on any atom is -0.382 e. The van der Waals surface area contributed by atoms with E-state index < -0.39 is 0 Å². The Labute approximate surface area is 107 Å². The van der Waals surface area contributed by atoms with Crippen LogP contribution in [0.25, 0.3) is 0 Å². The van der Waals surface area contributed by atoms with Gasteiger partial charge in [0, 0.05) is 29.3 Å². The third kappa shape index (κ3) is 3.95. The van der Waals surface area contributed by atoms with Gasteiger partial charge >= 0.3 is 0 Å². The fourth-order valence-electron chi connectivity index (χ4n) is 1.58. The van der Waals surface area contributed by atoms with Gasteiger partial charge in [0.1, 0.15) is 0 Å². The molecular formula is C12H17Cl2NO. The predicted octanol–water partition coefficient (Wildman–Crippen LogP) is 3.68. The molecule has 0 saturated heterocycles. The Hall–Kier alpha value is -0.280. The average molecular weight is 262 g/mol. The van der Waals surface area contributed by atoms with E-state index in [4.69, 9.17) is 27.9 Å². The van der Waals surface area contributed by atoms with Gasteiger partial charge in [-0.1, -0.05) is 23.2 Å². The first-order valence-corrected chi connectivity index (χ1v) is 6.14. The Bertz CT molecular complexity index is 331. The lowest BCUT2D eigenvalue weighted by atomic mass is 10.0. The van der Waals surface area contributed by atoms with Crippen molar-refractivity contribution in [3.05, 3.63) is 33.8 Å². The van der Waals surface area contributed by atoms with Crippen molar-refractivity contribution >= 4 is 23.2 Å². The molecule has 1 N–H and O–H groups in total. The maximum absolute atomic E-state index is 6.14. The molecule has 0 aromatic heterocycles. The van der Waals surface area contributed by atoms with E-state index >= 15 is 0 Å². The summed E-state index contributed by atoms with van der Waals surface area (Å²) < 4.78 is 5.34. The fraction of sp³-hybridized carbons (Fsp3) is 0.500. The molecule has 0 aliphatic carbocycles. The lowest BCUT2D eigenvalue weighted by Gasteiger charge is -2.18. The molecule has 0 fully saturated rings. The molecule has 90 valence electrons. The molecule has 16 heavy (non-hydrogen) atoms. The van der Waals surface area contributed by atoms with Crippen LogP contribution in [0.4, 0.5) is 0 Å². The number of hydrogen-bond donors (Lipinski definition) is 1. The minimum absolute atomic E-state index is 0.178. The van der Waals surface area contributed by atoms with Gasteiger partial charge in [-0.25, -0.2) is 0 Å². The van der Waals surface area contributed by atoms with E-state index in [2.05, 4.69) is 5.32 Å². The van der Waals surface area contributed by atoms with Crippen molar-refractivity contribution in [2.75, 3.05) is 20.3 Å². The number of nitrogens with one attached hydrogen (secondary N) is 1. The lowest BCUT2D eigenvalue weighted by Crippen LogP contribution is -2.18. The van der Waals surface area contributed by atoms with E-state index in [0.29, 0.717) is 11.6 Å². The monoisotopic (exact) mass is 261 g/mol. The third-order valence-corrected chi connectivity index (χ3v) is 3.02. The second kappa shape index (κ2) is 7.13. The second-order valence-electron chi connectivity index (χ2n) is 3.49. The summed E-state index contributed by atoms with van der Waals surface area (Å²) in [5.74, 6) is 0. The van der Waals surface area contributed by atoms with Crippen LogP contribution in [0.2, 0.25) is 10.0 Å². The quantitative estimate of drug-likeness (QED) is 0.789. The molecule has 0 saturated carbocycles. The zero-order valence-corrected chi connectivity index (χ0v) is 11.1. The zero-order chi connectivity index (χ0) is 12.0. The van der Waals surface area contributed by atoms with Gasteiger partial charge in [0.2, 0.25) is 0 Å². The Morgan fingerprint density at radius 2 is 2.12 bits per heavy atom. The SMILES string of the molecule is CCOCCC(NC)c1cc(Cl)ccc1Cl. The van der Waals surface area contributed by atoms with Gasteiger partial charge in [-0.3, -0.25) is 0 Å². The Morgan fingerprint density at radius 3 is 2.75 bits per heavy atom. The Kier molecular flexibility index (Phi) is 6.14. The molecular weight excluding hydrogens is 245 g/mol. The molecule has 0 aliphatic heterocycles. The number of benzene rings is 1. The van der Waals surface area contributed by atoms with E-state index in [-0.39, 0.29) is 6.04 Å². The highest BCUT2D eigenvalue weighted by Crippen LogP contribution is 2.27. The number of halogens is 2. The molecule has 4 heteroatoms. The standard InChI is InChI=1S/C12H17Cl2NO/c1-3-16-7-6-12(15-2)10-8-9(13)4-5-11(10)14/h4-5,8,12,15H,3,6-7H2,1-2H3. The summed E-state index contributed by atoms with van der Waals surface area (Å²) >= 11 is 12.1. The van der Waals surface area contributed by atoms with Gasteiger partial charge < -0.3 is 10.1 Å². The summed E-state index contributed by atoms with van der Waals surface area (Å²) in [5.41, 5.74) is 1.02. The van der Waals surface area contributed by atoms with Crippen molar-refractivity contribution in [2.24, 2.45) is 0 Å². The second-order valence-corrected chi connectivity index (χ2v) is 4.34. The first-order chi connectivity index (χ1) is 7.69. The van der Waals surface area contributed by atoms with E-state index in [1.165, 1.54) is 0 Å². The smallest absolute Gasteiger partial charge is 0.0484 e. The normalized spacial score (nSPS) is 12.8. The van der Waals surface area contributed by atoms with Crippen molar-refractivity contribution in [3.63, 3.8) is 0 Å². The van der Waals surface area contributed by atoms with Crippen molar-refractivity contribution in [1.29, 1.82) is 0 Å². The highest BCUT2D eigenvalue weighted by Gasteiger charge is 2.13. The first kappa shape index (κ1) is 13.8. The lowest BCUT2D eigenvalue weighted by molar-refractivity contribution is 0.137. The number of ether oxygens (including phenoxy) is 1. The topological polar surface area (TPSA) is 21.3 Å². The van der Waals surface area contributed by atoms with Crippen LogP contribution in [0.3, 0.4) is 0 Å². The van der Waals surface area contributed by atoms with Gasteiger partial charge in [0.05, 0.1) is 0 Å². The molecule has 0 spiro atoms. The molecule has 0 radical (unpaired) electrons. The summed E-state index contributed by atoms with van der Waals surface area (Å²) in [6, 6.07) is 5.70. The summed E-state index contributed by atoms with van der Waals surface area (Å²) in [6.07, 6.45) is 0.879. The van der Waals surface area contributed by atoms with Crippen LogP contribution in [0.1, 0.15) is 24.9 Å². The van der Waals surface area contributed by atoms with Gasteiger partial charge in [0.25, 0.3) is 0 Å². The van der Waals surface area contributed by atoms with Crippen molar-refractivity contribution in [3.8, 4) is 0 Å². The fourth-order valence-corrected chi connectivity index (χ4v) is 2.01. The summed E-state index contributed by atoms with van der Waals surface area (Å²) in [6.45, 7) is 3.44. The van der Waals surface area contributed by atoms with Crippen molar-refractivity contribution in [2.45, 2.75) is 19.4 Å². The van der Waals surface area contributed by atoms with Gasteiger partial charge in [0.15, 0.2) is 0 Å². The minimum atomic E-state index is 0.178. The molecule has 2 nitrogen and oxygen atoms in total. The maximum atomic E-state index is 6.14. The molecule has 0 aliphatic rings. The van der Waals surface area contributed by atoms with E-state index in [1.807, 2.05) is 26.1 Å². The predicted molar refractivity (Wildman–Crippen MR) is 69.4 cm³/mol. The molecule has 0 amide bonds. The first-order valence-electron chi connectivity index (χ1n) is 5.39. The van der Waals surface area contributed by atoms with Crippen LogP contribution >= 0.6 is 23.2 Å². The van der Waals surface area contributed by atoms with E-state index in [0.717, 1.165) is 23.6 Å². The van der Waals surface area contributed by atoms with Crippen LogP contribution < -0.4 is 5.32 Å². The zero-order valence-electron chi connectivity index (χ0n) is 9.59. The molecule has 1 unspecified atom stereocenters. The Balaban J connectivity index is 2.73. The van der Waals surface area contributed by atoms with Gasteiger partial charge in [-0.15, -0.1) is 0 Å². The van der Waals surface area contributed by atoms with Gasteiger partial charge in [-0.05, 0) is 44.2 Å². The number of rotatable bonds is 6.